The molecule has 1 fully saturated rings. The van der Waals surface area contributed by atoms with Crippen LogP contribution in [0.5, 0.6) is 5.75 Å². The van der Waals surface area contributed by atoms with Crippen molar-refractivity contribution in [1.29, 1.82) is 0 Å². The van der Waals surface area contributed by atoms with E-state index in [-0.39, 0.29) is 12.3 Å². The molecular weight excluding hydrogens is 395 g/mol. The number of guanidine groups is 1. The Morgan fingerprint density at radius 2 is 1.97 bits per heavy atom. The van der Waals surface area contributed by atoms with Gasteiger partial charge in [0, 0.05) is 38.3 Å². The number of nitrogens with zero attached hydrogens (tertiary/aromatic N) is 3. The zero-order chi connectivity index (χ0) is 22.0. The van der Waals surface area contributed by atoms with E-state index in [0.717, 1.165) is 44.8 Å². The van der Waals surface area contributed by atoms with Gasteiger partial charge in [0.25, 0.3) is 0 Å². The van der Waals surface area contributed by atoms with E-state index in [9.17, 15) is 13.2 Å². The SMILES string of the molecule is CCNC(=NCc1ccc(C)cc1OCC(F)(F)F)NCCN1CCCN(C)CC1. The number of nitrogens with one attached hydrogen (secondary N) is 2. The fourth-order valence-corrected chi connectivity index (χ4v) is 3.25. The number of aryl methyl sites for hydroxylation is 1. The van der Waals surface area contributed by atoms with E-state index < -0.39 is 12.8 Å². The molecule has 9 heteroatoms. The molecule has 0 radical (unpaired) electrons. The number of hydrogen-bond donors (Lipinski definition) is 2. The Morgan fingerprint density at radius 3 is 2.70 bits per heavy atom. The van der Waals surface area contributed by atoms with Gasteiger partial charge in [-0.05, 0) is 52.0 Å². The first-order chi connectivity index (χ1) is 14.3. The summed E-state index contributed by atoms with van der Waals surface area (Å²) in [6, 6.07) is 5.23. The van der Waals surface area contributed by atoms with Crippen molar-refractivity contribution >= 4 is 5.96 Å². The van der Waals surface area contributed by atoms with Crippen LogP contribution in [0.3, 0.4) is 0 Å². The predicted molar refractivity (Wildman–Crippen MR) is 114 cm³/mol. The van der Waals surface area contributed by atoms with Gasteiger partial charge in [-0.3, -0.25) is 0 Å². The van der Waals surface area contributed by atoms with Gasteiger partial charge in [-0.25, -0.2) is 4.99 Å². The number of halogens is 3. The van der Waals surface area contributed by atoms with Crippen LogP contribution in [0, 0.1) is 6.92 Å². The van der Waals surface area contributed by atoms with Gasteiger partial charge < -0.3 is 25.2 Å². The van der Waals surface area contributed by atoms with Crippen LogP contribution in [0.4, 0.5) is 13.2 Å². The Balaban J connectivity index is 1.93. The van der Waals surface area contributed by atoms with E-state index in [1.165, 1.54) is 6.42 Å². The minimum absolute atomic E-state index is 0.223. The molecule has 0 aliphatic carbocycles. The highest BCUT2D eigenvalue weighted by Gasteiger charge is 2.28. The molecule has 2 rings (SSSR count). The van der Waals surface area contributed by atoms with Crippen LogP contribution in [0.15, 0.2) is 23.2 Å². The van der Waals surface area contributed by atoms with Gasteiger partial charge in [-0.15, -0.1) is 0 Å². The number of hydrogen-bond acceptors (Lipinski definition) is 4. The summed E-state index contributed by atoms with van der Waals surface area (Å²) in [4.78, 5) is 9.32. The van der Waals surface area contributed by atoms with Gasteiger partial charge >= 0.3 is 6.18 Å². The zero-order valence-electron chi connectivity index (χ0n) is 18.2. The lowest BCUT2D eigenvalue weighted by molar-refractivity contribution is -0.153. The highest BCUT2D eigenvalue weighted by atomic mass is 19.4. The van der Waals surface area contributed by atoms with Crippen LogP contribution in [0.25, 0.3) is 0 Å². The summed E-state index contributed by atoms with van der Waals surface area (Å²) < 4.78 is 42.7. The quantitative estimate of drug-likeness (QED) is 0.492. The molecule has 0 saturated carbocycles. The molecule has 1 aromatic carbocycles. The van der Waals surface area contributed by atoms with E-state index in [4.69, 9.17) is 4.74 Å². The molecule has 1 aromatic rings. The fourth-order valence-electron chi connectivity index (χ4n) is 3.25. The molecule has 0 unspecified atom stereocenters. The topological polar surface area (TPSA) is 52.1 Å². The second kappa shape index (κ2) is 12.0. The van der Waals surface area contributed by atoms with Crippen molar-refractivity contribution in [2.75, 3.05) is 59.5 Å². The summed E-state index contributed by atoms with van der Waals surface area (Å²) in [6.07, 6.45) is -3.21. The summed E-state index contributed by atoms with van der Waals surface area (Å²) in [5.41, 5.74) is 1.46. The maximum absolute atomic E-state index is 12.5. The van der Waals surface area contributed by atoms with Crippen LogP contribution in [-0.4, -0.2) is 81.4 Å². The van der Waals surface area contributed by atoms with Crippen molar-refractivity contribution in [2.45, 2.75) is 33.0 Å². The minimum atomic E-state index is -4.37. The summed E-state index contributed by atoms with van der Waals surface area (Å²) in [5, 5.41) is 6.51. The lowest BCUT2D eigenvalue weighted by atomic mass is 10.1. The fraction of sp³-hybridized carbons (Fsp3) is 0.667. The van der Waals surface area contributed by atoms with Gasteiger partial charge in [0.15, 0.2) is 12.6 Å². The van der Waals surface area contributed by atoms with Crippen LogP contribution >= 0.6 is 0 Å². The molecule has 170 valence electrons. The van der Waals surface area contributed by atoms with Crippen LogP contribution in [-0.2, 0) is 6.54 Å². The number of likely N-dealkylation sites (N-methyl/N-ethyl adjacent to an activating group) is 1. The Hall–Kier alpha value is -2.00. The second-order valence-corrected chi connectivity index (χ2v) is 7.64. The van der Waals surface area contributed by atoms with Crippen molar-refractivity contribution in [3.63, 3.8) is 0 Å². The third kappa shape index (κ3) is 9.21. The molecule has 2 N–H and O–H groups in total. The Labute approximate surface area is 177 Å². The molecular formula is C21H34F3N5O. The molecule has 1 saturated heterocycles. The van der Waals surface area contributed by atoms with E-state index in [1.54, 1.807) is 12.1 Å². The standard InChI is InChI=1S/C21H34F3N5O/c1-4-25-20(26-8-11-29-10-5-9-28(3)12-13-29)27-15-18-7-6-17(2)14-19(18)30-16-21(22,23)24/h6-7,14H,4-5,8-13,15-16H2,1-3H3,(H2,25,26,27). The van der Waals surface area contributed by atoms with Gasteiger partial charge in [-0.1, -0.05) is 12.1 Å². The molecule has 0 atom stereocenters. The minimum Gasteiger partial charge on any atom is -0.484 e. The Kier molecular flexibility index (Phi) is 9.71. The van der Waals surface area contributed by atoms with Gasteiger partial charge in [0.1, 0.15) is 5.75 Å². The molecule has 0 amide bonds. The summed E-state index contributed by atoms with van der Waals surface area (Å²) in [7, 11) is 2.15. The summed E-state index contributed by atoms with van der Waals surface area (Å²) >= 11 is 0. The first-order valence-corrected chi connectivity index (χ1v) is 10.5. The van der Waals surface area contributed by atoms with Gasteiger partial charge in [-0.2, -0.15) is 13.2 Å². The Morgan fingerprint density at radius 1 is 1.17 bits per heavy atom. The summed E-state index contributed by atoms with van der Waals surface area (Å²) in [5.74, 6) is 0.868. The number of ether oxygens (including phenoxy) is 1. The molecule has 1 aliphatic rings. The van der Waals surface area contributed by atoms with Crippen LogP contribution in [0.2, 0.25) is 0 Å². The van der Waals surface area contributed by atoms with Crippen molar-refractivity contribution < 1.29 is 17.9 Å². The smallest absolute Gasteiger partial charge is 0.422 e. The van der Waals surface area contributed by atoms with Crippen LogP contribution in [0.1, 0.15) is 24.5 Å². The van der Waals surface area contributed by atoms with Crippen LogP contribution < -0.4 is 15.4 Å². The second-order valence-electron chi connectivity index (χ2n) is 7.64. The number of alkyl halides is 3. The highest BCUT2D eigenvalue weighted by molar-refractivity contribution is 5.79. The van der Waals surface area contributed by atoms with Gasteiger partial charge in [0.05, 0.1) is 6.54 Å². The predicted octanol–water partition coefficient (Wildman–Crippen LogP) is 2.63. The van der Waals surface area contributed by atoms with E-state index in [1.807, 2.05) is 19.9 Å². The first-order valence-electron chi connectivity index (χ1n) is 10.5. The van der Waals surface area contributed by atoms with Crippen molar-refractivity contribution in [1.82, 2.24) is 20.4 Å². The third-order valence-corrected chi connectivity index (χ3v) is 4.90. The number of benzene rings is 1. The Bertz CT molecular complexity index is 681. The molecule has 30 heavy (non-hydrogen) atoms. The molecule has 0 bridgehead atoms. The number of rotatable bonds is 8. The average molecular weight is 430 g/mol. The van der Waals surface area contributed by atoms with Crippen molar-refractivity contribution in [3.8, 4) is 5.75 Å². The molecule has 1 heterocycles. The molecule has 0 aromatic heterocycles. The van der Waals surface area contributed by atoms with Crippen molar-refractivity contribution in [2.24, 2.45) is 4.99 Å². The molecule has 1 aliphatic heterocycles. The largest absolute Gasteiger partial charge is 0.484 e. The van der Waals surface area contributed by atoms with E-state index >= 15 is 0 Å². The average Bonchev–Trinajstić information content (AvgIpc) is 2.89. The monoisotopic (exact) mass is 429 g/mol. The zero-order valence-corrected chi connectivity index (χ0v) is 18.2. The molecule has 6 nitrogen and oxygen atoms in total. The van der Waals surface area contributed by atoms with E-state index in [0.29, 0.717) is 18.1 Å². The normalized spacial score (nSPS) is 16.9. The highest BCUT2D eigenvalue weighted by Crippen LogP contribution is 2.24. The van der Waals surface area contributed by atoms with Gasteiger partial charge in [0.2, 0.25) is 0 Å². The summed E-state index contributed by atoms with van der Waals surface area (Å²) in [6.45, 7) is 9.43. The first kappa shape index (κ1) is 24.3. The third-order valence-electron chi connectivity index (χ3n) is 4.90. The maximum atomic E-state index is 12.5. The lowest BCUT2D eigenvalue weighted by Crippen LogP contribution is -2.42. The lowest BCUT2D eigenvalue weighted by Gasteiger charge is -2.21. The van der Waals surface area contributed by atoms with Crippen molar-refractivity contribution in [3.05, 3.63) is 29.3 Å². The number of aliphatic imine (C=N–C) groups is 1. The maximum Gasteiger partial charge on any atom is 0.422 e. The van der Waals surface area contributed by atoms with E-state index in [2.05, 4.69) is 32.5 Å². The molecule has 0 spiro atoms.